The van der Waals surface area contributed by atoms with Crippen molar-refractivity contribution >= 4 is 15.5 Å². The van der Waals surface area contributed by atoms with E-state index in [4.69, 9.17) is 4.74 Å². The second-order valence-electron chi connectivity index (χ2n) is 6.38. The summed E-state index contributed by atoms with van der Waals surface area (Å²) in [6, 6.07) is -1.40. The van der Waals surface area contributed by atoms with E-state index in [-0.39, 0.29) is 21.6 Å². The second kappa shape index (κ2) is 17.1. The number of unbranched alkanes of at least 4 members (excludes halogenated alkanes) is 10. The molecule has 0 fully saturated rings. The van der Waals surface area contributed by atoms with E-state index in [2.05, 4.69) is 6.58 Å². The van der Waals surface area contributed by atoms with Crippen LogP contribution in [0.4, 0.5) is 8.78 Å². The summed E-state index contributed by atoms with van der Waals surface area (Å²) >= 11 is 0. The first kappa shape index (κ1) is 23.3. The molecule has 0 heterocycles. The molecule has 0 N–H and O–H groups in total. The maximum Gasteiger partial charge on any atom is 0.330 e. The molecule has 0 aromatic rings. The van der Waals surface area contributed by atoms with Gasteiger partial charge >= 0.3 is 5.97 Å². The first-order chi connectivity index (χ1) is 11.6. The van der Waals surface area contributed by atoms with E-state index < -0.39 is 6.05 Å². The smallest absolute Gasteiger partial charge is 0.330 e. The lowest BCUT2D eigenvalue weighted by Gasteiger charge is -2.11. The van der Waals surface area contributed by atoms with Gasteiger partial charge in [-0.15, -0.1) is 0 Å². The van der Waals surface area contributed by atoms with Gasteiger partial charge in [-0.1, -0.05) is 76.8 Å². The van der Waals surface area contributed by atoms with Crippen molar-refractivity contribution in [3.8, 4) is 0 Å². The molecular weight excluding hydrogens is 326 g/mol. The molecule has 0 aliphatic heterocycles. The third-order valence-electron chi connectivity index (χ3n) is 4.07. The summed E-state index contributed by atoms with van der Waals surface area (Å²) in [7, 11) is -0.165. The number of halogens is 2. The topological polar surface area (TPSA) is 26.3 Å². The third-order valence-corrected chi connectivity index (χ3v) is 5.02. The zero-order valence-electron chi connectivity index (χ0n) is 15.2. The van der Waals surface area contributed by atoms with Crippen molar-refractivity contribution in [3.63, 3.8) is 0 Å². The standard InChI is InChI=1S/C19H34F2O2Si/c1-3-18(22)23-17(2)15-13-11-9-7-5-4-6-8-10-12-14-16-24-19(20)21/h3,17,19H,1,4-16H2,2H3. The van der Waals surface area contributed by atoms with E-state index in [9.17, 15) is 13.6 Å². The lowest BCUT2D eigenvalue weighted by atomic mass is 10.0. The van der Waals surface area contributed by atoms with Gasteiger partial charge in [0.05, 0.1) is 6.10 Å². The Labute approximate surface area is 149 Å². The quantitative estimate of drug-likeness (QED) is 0.135. The van der Waals surface area contributed by atoms with Crippen molar-refractivity contribution < 1.29 is 18.3 Å². The van der Waals surface area contributed by atoms with Crippen LogP contribution in [0.2, 0.25) is 6.04 Å². The summed E-state index contributed by atoms with van der Waals surface area (Å²) in [6.07, 6.45) is 15.3. The number of hydrogen-bond donors (Lipinski definition) is 0. The first-order valence-corrected chi connectivity index (χ1v) is 10.7. The van der Waals surface area contributed by atoms with Gasteiger partial charge in [0, 0.05) is 6.08 Å². The average Bonchev–Trinajstić information content (AvgIpc) is 2.54. The molecule has 1 atom stereocenters. The van der Waals surface area contributed by atoms with Crippen LogP contribution in [0.1, 0.15) is 84.0 Å². The van der Waals surface area contributed by atoms with E-state index in [0.717, 1.165) is 25.7 Å². The van der Waals surface area contributed by atoms with Gasteiger partial charge in [-0.05, 0) is 19.8 Å². The van der Waals surface area contributed by atoms with Crippen LogP contribution in [-0.4, -0.2) is 27.6 Å². The summed E-state index contributed by atoms with van der Waals surface area (Å²) in [4.78, 5) is 11.0. The number of ether oxygens (including phenoxy) is 1. The Hall–Kier alpha value is -0.713. The molecule has 0 spiro atoms. The van der Waals surface area contributed by atoms with Crippen LogP contribution in [-0.2, 0) is 9.53 Å². The number of rotatable bonds is 17. The molecule has 0 aliphatic carbocycles. The molecule has 0 aromatic heterocycles. The van der Waals surface area contributed by atoms with Crippen LogP contribution in [0.5, 0.6) is 0 Å². The van der Waals surface area contributed by atoms with Gasteiger partial charge in [-0.25, -0.2) is 13.6 Å². The third kappa shape index (κ3) is 17.6. The predicted octanol–water partition coefficient (Wildman–Crippen LogP) is 6.13. The van der Waals surface area contributed by atoms with Gasteiger partial charge < -0.3 is 4.74 Å². The molecule has 5 heteroatoms. The van der Waals surface area contributed by atoms with Gasteiger partial charge in [0.25, 0.3) is 0 Å². The molecule has 0 bridgehead atoms. The normalized spacial score (nSPS) is 12.3. The van der Waals surface area contributed by atoms with Crippen LogP contribution < -0.4 is 0 Å². The molecular formula is C19H34F2O2Si. The fourth-order valence-corrected chi connectivity index (χ4v) is 3.34. The molecule has 0 amide bonds. The SMILES string of the molecule is C=CC(=O)OC(C)CCCCCCCCCCCCC[Si]C(F)F. The van der Waals surface area contributed by atoms with Crippen molar-refractivity contribution in [2.75, 3.05) is 0 Å². The summed E-state index contributed by atoms with van der Waals surface area (Å²) in [5.74, 6) is -0.336. The number of alkyl halides is 2. The lowest BCUT2D eigenvalue weighted by Crippen LogP contribution is -2.12. The largest absolute Gasteiger partial charge is 0.460 e. The molecule has 0 rings (SSSR count). The Bertz CT molecular complexity index is 312. The highest BCUT2D eigenvalue weighted by Gasteiger charge is 2.05. The van der Waals surface area contributed by atoms with Gasteiger partial charge in [0.2, 0.25) is 6.05 Å². The summed E-state index contributed by atoms with van der Waals surface area (Å²) in [5, 5.41) is 0. The van der Waals surface area contributed by atoms with Crippen molar-refractivity contribution in [1.82, 2.24) is 0 Å². The minimum absolute atomic E-state index is 0.0169. The van der Waals surface area contributed by atoms with Crippen molar-refractivity contribution in [2.45, 2.75) is 102 Å². The van der Waals surface area contributed by atoms with Crippen LogP contribution in [0.3, 0.4) is 0 Å². The Morgan fingerprint density at radius 3 is 1.88 bits per heavy atom. The summed E-state index contributed by atoms with van der Waals surface area (Å²) in [6.45, 7) is 5.31. The number of carbonyl (C=O) groups excluding carboxylic acids is 1. The van der Waals surface area contributed by atoms with E-state index in [1.54, 1.807) is 0 Å². The molecule has 2 radical (unpaired) electrons. The summed E-state index contributed by atoms with van der Waals surface area (Å²) in [5.41, 5.74) is 0. The van der Waals surface area contributed by atoms with Crippen molar-refractivity contribution in [2.24, 2.45) is 0 Å². The minimum atomic E-state index is -2.10. The maximum absolute atomic E-state index is 12.0. The van der Waals surface area contributed by atoms with Crippen LogP contribution in [0.15, 0.2) is 12.7 Å². The fourth-order valence-electron chi connectivity index (χ4n) is 2.66. The Morgan fingerprint density at radius 1 is 0.958 bits per heavy atom. The van der Waals surface area contributed by atoms with Gasteiger partial charge in [0.1, 0.15) is 9.52 Å². The van der Waals surface area contributed by atoms with E-state index >= 15 is 0 Å². The van der Waals surface area contributed by atoms with Crippen LogP contribution in [0, 0.1) is 0 Å². The number of esters is 1. The lowest BCUT2D eigenvalue weighted by molar-refractivity contribution is -0.142. The molecule has 24 heavy (non-hydrogen) atoms. The van der Waals surface area contributed by atoms with Gasteiger partial charge in [-0.2, -0.15) is 0 Å². The van der Waals surface area contributed by atoms with Crippen LogP contribution in [0.25, 0.3) is 0 Å². The van der Waals surface area contributed by atoms with Gasteiger partial charge in [0.15, 0.2) is 0 Å². The Kier molecular flexibility index (Phi) is 16.6. The van der Waals surface area contributed by atoms with E-state index in [1.165, 1.54) is 57.4 Å². The van der Waals surface area contributed by atoms with Crippen molar-refractivity contribution in [3.05, 3.63) is 12.7 Å². The van der Waals surface area contributed by atoms with Crippen LogP contribution >= 0.6 is 0 Å². The molecule has 1 unspecified atom stereocenters. The molecule has 0 aromatic carbocycles. The first-order valence-electron chi connectivity index (χ1n) is 9.41. The second-order valence-corrected chi connectivity index (χ2v) is 7.73. The van der Waals surface area contributed by atoms with E-state index in [1.807, 2.05) is 6.92 Å². The van der Waals surface area contributed by atoms with Gasteiger partial charge in [-0.3, -0.25) is 0 Å². The zero-order valence-corrected chi connectivity index (χ0v) is 16.2. The monoisotopic (exact) mass is 360 g/mol. The minimum Gasteiger partial charge on any atom is -0.460 e. The Balaban J connectivity index is 3.15. The maximum atomic E-state index is 12.0. The van der Waals surface area contributed by atoms with Crippen molar-refractivity contribution in [1.29, 1.82) is 0 Å². The predicted molar refractivity (Wildman–Crippen MR) is 97.7 cm³/mol. The number of carbonyl (C=O) groups is 1. The zero-order chi connectivity index (χ0) is 18.0. The highest BCUT2D eigenvalue weighted by molar-refractivity contribution is 6.36. The average molecular weight is 361 g/mol. The summed E-state index contributed by atoms with van der Waals surface area (Å²) < 4.78 is 29.0. The molecule has 0 saturated heterocycles. The van der Waals surface area contributed by atoms with E-state index in [0.29, 0.717) is 6.04 Å². The highest BCUT2D eigenvalue weighted by atomic mass is 28.2. The molecule has 0 aliphatic rings. The fraction of sp³-hybridized carbons (Fsp3) is 0.842. The molecule has 2 nitrogen and oxygen atoms in total. The molecule has 140 valence electrons. The highest BCUT2D eigenvalue weighted by Crippen LogP contribution is 2.14. The molecule has 0 saturated carbocycles. The Morgan fingerprint density at radius 2 is 1.42 bits per heavy atom. The number of hydrogen-bond acceptors (Lipinski definition) is 2.